The van der Waals surface area contributed by atoms with Crippen molar-refractivity contribution in [3.05, 3.63) is 24.0 Å². The number of hydrogen-bond donors (Lipinski definition) is 2. The van der Waals surface area contributed by atoms with Gasteiger partial charge in [-0.25, -0.2) is 12.8 Å². The van der Waals surface area contributed by atoms with Gasteiger partial charge < -0.3 is 9.84 Å². The maximum Gasteiger partial charge on any atom is 0.323 e. The van der Waals surface area contributed by atoms with Crippen molar-refractivity contribution >= 4 is 21.7 Å². The predicted octanol–water partition coefficient (Wildman–Crippen LogP) is 1.05. The van der Waals surface area contributed by atoms with Crippen molar-refractivity contribution in [1.29, 1.82) is 0 Å². The zero-order valence-electron chi connectivity index (χ0n) is 9.68. The third-order valence-corrected chi connectivity index (χ3v) is 3.88. The van der Waals surface area contributed by atoms with Crippen LogP contribution in [0.15, 0.2) is 18.2 Å². The van der Waals surface area contributed by atoms with Gasteiger partial charge in [0.2, 0.25) is 10.0 Å². The Balaban J connectivity index is 2.98. The summed E-state index contributed by atoms with van der Waals surface area (Å²) >= 11 is 0. The number of benzene rings is 1. The van der Waals surface area contributed by atoms with Gasteiger partial charge in [0.15, 0.2) is 16.8 Å². The smallest absolute Gasteiger partial charge is 0.323 e. The van der Waals surface area contributed by atoms with Gasteiger partial charge in [-0.05, 0) is 19.1 Å². The number of hydrogen-bond acceptors (Lipinski definition) is 4. The molecule has 0 bridgehead atoms. The van der Waals surface area contributed by atoms with Gasteiger partial charge in [-0.3, -0.25) is 9.52 Å². The molecule has 1 aromatic rings. The number of halogens is 1. The summed E-state index contributed by atoms with van der Waals surface area (Å²) in [5.74, 6) is -2.28. The van der Waals surface area contributed by atoms with E-state index in [0.29, 0.717) is 0 Å². The van der Waals surface area contributed by atoms with Crippen molar-refractivity contribution in [3.8, 4) is 5.75 Å². The van der Waals surface area contributed by atoms with Crippen LogP contribution in [0.25, 0.3) is 0 Å². The first kappa shape index (κ1) is 14.2. The molecule has 0 spiro atoms. The summed E-state index contributed by atoms with van der Waals surface area (Å²) in [6, 6.07) is 3.41. The molecule has 18 heavy (non-hydrogen) atoms. The highest BCUT2D eigenvalue weighted by Crippen LogP contribution is 2.21. The number of carboxylic acids is 1. The molecule has 100 valence electrons. The van der Waals surface area contributed by atoms with E-state index in [4.69, 9.17) is 5.11 Å². The molecule has 0 fully saturated rings. The lowest BCUT2D eigenvalue weighted by Gasteiger charge is -2.11. The molecule has 0 aliphatic heterocycles. The third-order valence-electron chi connectivity index (χ3n) is 2.23. The fraction of sp³-hybridized carbons (Fsp3) is 0.300. The Morgan fingerprint density at radius 2 is 2.11 bits per heavy atom. The topological polar surface area (TPSA) is 92.7 Å². The van der Waals surface area contributed by atoms with Crippen LogP contribution in [0.3, 0.4) is 0 Å². The second kappa shape index (κ2) is 5.21. The lowest BCUT2D eigenvalue weighted by Crippen LogP contribution is -2.32. The molecule has 0 aromatic heterocycles. The zero-order valence-corrected chi connectivity index (χ0v) is 10.5. The summed E-state index contributed by atoms with van der Waals surface area (Å²) in [4.78, 5) is 10.6. The second-order valence-corrected chi connectivity index (χ2v) is 5.48. The summed E-state index contributed by atoms with van der Waals surface area (Å²) in [5.41, 5.74) is -0.0681. The Morgan fingerprint density at radius 3 is 2.56 bits per heavy atom. The molecule has 2 N–H and O–H groups in total. The van der Waals surface area contributed by atoms with Crippen LogP contribution in [-0.2, 0) is 14.8 Å². The van der Waals surface area contributed by atoms with Gasteiger partial charge in [0, 0.05) is 6.07 Å². The van der Waals surface area contributed by atoms with E-state index in [1.165, 1.54) is 19.2 Å². The van der Waals surface area contributed by atoms with E-state index in [1.807, 2.05) is 4.72 Å². The van der Waals surface area contributed by atoms with Crippen molar-refractivity contribution in [3.63, 3.8) is 0 Å². The van der Waals surface area contributed by atoms with Crippen LogP contribution in [0, 0.1) is 5.82 Å². The van der Waals surface area contributed by atoms with Gasteiger partial charge in [-0.15, -0.1) is 0 Å². The van der Waals surface area contributed by atoms with Gasteiger partial charge in [-0.1, -0.05) is 0 Å². The number of methoxy groups -OCH3 is 1. The fourth-order valence-corrected chi connectivity index (χ4v) is 2.01. The molecule has 1 aromatic carbocycles. The largest absolute Gasteiger partial charge is 0.494 e. The summed E-state index contributed by atoms with van der Waals surface area (Å²) in [6.07, 6.45) is 0. The molecular formula is C10H12FNO5S. The average molecular weight is 277 g/mol. The highest BCUT2D eigenvalue weighted by molar-refractivity contribution is 7.94. The summed E-state index contributed by atoms with van der Waals surface area (Å²) in [6.45, 7) is 1.02. The minimum absolute atomic E-state index is 0.0377. The monoisotopic (exact) mass is 277 g/mol. The molecule has 0 heterocycles. The van der Waals surface area contributed by atoms with Crippen LogP contribution < -0.4 is 9.46 Å². The molecule has 0 amide bonds. The predicted molar refractivity (Wildman–Crippen MR) is 62.6 cm³/mol. The van der Waals surface area contributed by atoms with Crippen LogP contribution in [0.2, 0.25) is 0 Å². The van der Waals surface area contributed by atoms with E-state index in [1.54, 1.807) is 0 Å². The van der Waals surface area contributed by atoms with E-state index in [9.17, 15) is 17.6 Å². The lowest BCUT2D eigenvalue weighted by molar-refractivity contribution is -0.136. The molecule has 0 radical (unpaired) electrons. The van der Waals surface area contributed by atoms with Crippen molar-refractivity contribution < 1.29 is 27.4 Å². The third kappa shape index (κ3) is 3.10. The number of sulfonamides is 1. The lowest BCUT2D eigenvalue weighted by atomic mass is 10.3. The second-order valence-electron chi connectivity index (χ2n) is 3.48. The van der Waals surface area contributed by atoms with Crippen molar-refractivity contribution in [1.82, 2.24) is 0 Å². The molecule has 0 aliphatic rings. The Hall–Kier alpha value is -1.83. The Kier molecular flexibility index (Phi) is 4.12. The standard InChI is InChI=1S/C10H12FNO5S/c1-6(10(13)14)18(15,16)12-7-3-4-9(17-2)8(11)5-7/h3-6,12H,1-2H3,(H,13,14). The summed E-state index contributed by atoms with van der Waals surface area (Å²) in [5, 5.41) is 6.98. The first-order valence-corrected chi connectivity index (χ1v) is 6.40. The van der Waals surface area contributed by atoms with Gasteiger partial charge in [0.05, 0.1) is 12.8 Å². The number of ether oxygens (including phenoxy) is 1. The molecule has 1 rings (SSSR count). The maximum atomic E-state index is 13.3. The number of anilines is 1. The Bertz CT molecular complexity index is 557. The minimum atomic E-state index is -4.11. The number of carboxylic acid groups (broad SMARTS) is 1. The number of nitrogens with one attached hydrogen (secondary N) is 1. The highest BCUT2D eigenvalue weighted by Gasteiger charge is 2.27. The van der Waals surface area contributed by atoms with Gasteiger partial charge in [0.25, 0.3) is 0 Å². The van der Waals surface area contributed by atoms with E-state index in [2.05, 4.69) is 4.74 Å². The molecule has 0 saturated carbocycles. The number of carbonyl (C=O) groups is 1. The van der Waals surface area contributed by atoms with Crippen LogP contribution in [0.1, 0.15) is 6.92 Å². The molecule has 1 atom stereocenters. The van der Waals surface area contributed by atoms with Gasteiger partial charge in [-0.2, -0.15) is 0 Å². The highest BCUT2D eigenvalue weighted by atomic mass is 32.2. The van der Waals surface area contributed by atoms with Crippen LogP contribution >= 0.6 is 0 Å². The van der Waals surface area contributed by atoms with Crippen molar-refractivity contribution in [2.45, 2.75) is 12.2 Å². The number of rotatable bonds is 5. The fourth-order valence-electron chi connectivity index (χ4n) is 1.12. The van der Waals surface area contributed by atoms with Crippen LogP contribution in [0.4, 0.5) is 10.1 Å². The van der Waals surface area contributed by atoms with E-state index in [0.717, 1.165) is 13.0 Å². The van der Waals surface area contributed by atoms with Crippen molar-refractivity contribution in [2.24, 2.45) is 0 Å². The quantitative estimate of drug-likeness (QED) is 0.839. The van der Waals surface area contributed by atoms with E-state index in [-0.39, 0.29) is 11.4 Å². The number of aliphatic carboxylic acids is 1. The van der Waals surface area contributed by atoms with Crippen molar-refractivity contribution in [2.75, 3.05) is 11.8 Å². The first-order valence-electron chi connectivity index (χ1n) is 4.86. The van der Waals surface area contributed by atoms with Gasteiger partial charge >= 0.3 is 5.97 Å². The zero-order chi connectivity index (χ0) is 13.9. The van der Waals surface area contributed by atoms with Crippen LogP contribution in [-0.4, -0.2) is 31.9 Å². The van der Waals surface area contributed by atoms with E-state index < -0.39 is 27.1 Å². The molecule has 8 heteroatoms. The molecule has 1 unspecified atom stereocenters. The molecular weight excluding hydrogens is 265 g/mol. The summed E-state index contributed by atoms with van der Waals surface area (Å²) in [7, 11) is -2.83. The molecule has 0 saturated heterocycles. The Labute approximate surface area is 103 Å². The average Bonchev–Trinajstić information content (AvgIpc) is 2.27. The molecule has 0 aliphatic carbocycles. The summed E-state index contributed by atoms with van der Waals surface area (Å²) < 4.78 is 43.1. The SMILES string of the molecule is COc1ccc(NS(=O)(=O)C(C)C(=O)O)cc1F. The minimum Gasteiger partial charge on any atom is -0.494 e. The molecule has 6 nitrogen and oxygen atoms in total. The Morgan fingerprint density at radius 1 is 1.50 bits per heavy atom. The maximum absolute atomic E-state index is 13.3. The van der Waals surface area contributed by atoms with E-state index >= 15 is 0 Å². The first-order chi connectivity index (χ1) is 8.27. The normalized spacial score (nSPS) is 12.8. The van der Waals surface area contributed by atoms with Crippen LogP contribution in [0.5, 0.6) is 5.75 Å². The van der Waals surface area contributed by atoms with Gasteiger partial charge in [0.1, 0.15) is 0 Å².